The zero-order valence-electron chi connectivity index (χ0n) is 21.7. The molecule has 0 saturated heterocycles. The molecule has 3 heterocycles. The van der Waals surface area contributed by atoms with Crippen molar-refractivity contribution < 1.29 is 31.1 Å². The smallest absolute Gasteiger partial charge is 0.419 e. The van der Waals surface area contributed by atoms with Crippen molar-refractivity contribution in [3.63, 3.8) is 0 Å². The van der Waals surface area contributed by atoms with Gasteiger partial charge >= 0.3 is 6.18 Å². The SMILES string of the molecule is Cc1c(Nc2ccc(C(F)(F)F)c[nH+]2)nc(C2CC2)nc1-c1ccc2cccnc2c1.O=S(=O)([O-])c1ccccc1. The van der Waals surface area contributed by atoms with Crippen LogP contribution in [0.1, 0.15) is 35.7 Å². The third kappa shape index (κ3) is 6.84. The molecule has 5 aromatic rings. The van der Waals surface area contributed by atoms with Crippen LogP contribution in [0.5, 0.6) is 0 Å². The Morgan fingerprint density at radius 1 is 0.976 bits per heavy atom. The summed E-state index contributed by atoms with van der Waals surface area (Å²) in [5, 5.41) is 4.17. The van der Waals surface area contributed by atoms with Crippen molar-refractivity contribution in [3.8, 4) is 11.3 Å². The Bertz CT molecular complexity index is 1800. The van der Waals surface area contributed by atoms with E-state index < -0.39 is 21.9 Å². The summed E-state index contributed by atoms with van der Waals surface area (Å²) in [6.45, 7) is 1.90. The molecule has 0 spiro atoms. The topological polar surface area (TPSA) is 122 Å². The predicted molar refractivity (Wildman–Crippen MR) is 145 cm³/mol. The second-order valence-electron chi connectivity index (χ2n) is 9.47. The van der Waals surface area contributed by atoms with E-state index in [1.54, 1.807) is 12.3 Å². The Labute approximate surface area is 234 Å². The summed E-state index contributed by atoms with van der Waals surface area (Å²) in [5.41, 5.74) is 2.66. The zero-order chi connectivity index (χ0) is 29.2. The van der Waals surface area contributed by atoms with Crippen molar-refractivity contribution in [2.45, 2.75) is 36.8 Å². The third-order valence-electron chi connectivity index (χ3n) is 6.41. The van der Waals surface area contributed by atoms with Gasteiger partial charge in [-0.25, -0.2) is 23.7 Å². The van der Waals surface area contributed by atoms with Gasteiger partial charge in [0, 0.05) is 34.7 Å². The summed E-state index contributed by atoms with van der Waals surface area (Å²) in [6, 6.07) is 19.5. The first kappa shape index (κ1) is 28.1. The Morgan fingerprint density at radius 2 is 1.73 bits per heavy atom. The summed E-state index contributed by atoms with van der Waals surface area (Å²) < 4.78 is 69.4. The minimum absolute atomic E-state index is 0.185. The largest absolute Gasteiger partial charge is 0.744 e. The first-order valence-corrected chi connectivity index (χ1v) is 14.0. The molecule has 1 saturated carbocycles. The summed E-state index contributed by atoms with van der Waals surface area (Å²) in [5.74, 6) is 2.05. The molecular weight excluding hydrogens is 555 g/mol. The maximum absolute atomic E-state index is 12.8. The quantitative estimate of drug-likeness (QED) is 0.252. The molecule has 1 fully saturated rings. The van der Waals surface area contributed by atoms with Crippen LogP contribution in [-0.2, 0) is 16.3 Å². The molecule has 0 unspecified atom stereocenters. The van der Waals surface area contributed by atoms with Crippen LogP contribution in [0.4, 0.5) is 24.8 Å². The fraction of sp³-hybridized carbons (Fsp3) is 0.172. The van der Waals surface area contributed by atoms with Gasteiger partial charge in [0.15, 0.2) is 0 Å². The van der Waals surface area contributed by atoms with E-state index in [1.807, 2.05) is 37.3 Å². The highest BCUT2D eigenvalue weighted by Gasteiger charge is 2.32. The van der Waals surface area contributed by atoms with Crippen molar-refractivity contribution in [2.24, 2.45) is 0 Å². The van der Waals surface area contributed by atoms with E-state index in [1.165, 1.54) is 30.3 Å². The molecule has 1 aliphatic rings. The molecule has 0 radical (unpaired) electrons. The molecule has 12 heteroatoms. The molecule has 8 nitrogen and oxygen atoms in total. The van der Waals surface area contributed by atoms with Crippen molar-refractivity contribution in [2.75, 3.05) is 5.32 Å². The molecule has 1 aliphatic carbocycles. The summed E-state index contributed by atoms with van der Waals surface area (Å²) in [6.07, 6.45) is 0.371. The highest BCUT2D eigenvalue weighted by atomic mass is 32.2. The first-order chi connectivity index (χ1) is 19.5. The molecule has 3 aromatic heterocycles. The maximum atomic E-state index is 12.8. The number of hydrogen-bond acceptors (Lipinski definition) is 7. The van der Waals surface area contributed by atoms with Crippen molar-refractivity contribution in [1.82, 2.24) is 15.0 Å². The minimum atomic E-state index is -4.39. The molecule has 0 aliphatic heterocycles. The predicted octanol–water partition coefficient (Wildman–Crippen LogP) is 6.04. The van der Waals surface area contributed by atoms with Gasteiger partial charge in [0.25, 0.3) is 5.82 Å². The molecule has 0 bridgehead atoms. The molecular formula is C29H24F3N5O3S. The molecule has 210 valence electrons. The first-order valence-electron chi connectivity index (χ1n) is 12.6. The summed E-state index contributed by atoms with van der Waals surface area (Å²) >= 11 is 0. The normalized spacial score (nSPS) is 13.4. The van der Waals surface area contributed by atoms with Crippen LogP contribution < -0.4 is 10.3 Å². The van der Waals surface area contributed by atoms with Crippen LogP contribution in [0, 0.1) is 6.92 Å². The lowest BCUT2D eigenvalue weighted by atomic mass is 10.0. The van der Waals surface area contributed by atoms with Crippen molar-refractivity contribution in [3.05, 3.63) is 102 Å². The number of pyridine rings is 2. The number of anilines is 2. The zero-order valence-corrected chi connectivity index (χ0v) is 22.5. The number of nitrogens with one attached hydrogen (secondary N) is 2. The van der Waals surface area contributed by atoms with Gasteiger partial charge in [-0.3, -0.25) is 4.98 Å². The van der Waals surface area contributed by atoms with E-state index in [0.29, 0.717) is 17.6 Å². The van der Waals surface area contributed by atoms with Gasteiger partial charge in [-0.1, -0.05) is 36.4 Å². The van der Waals surface area contributed by atoms with Crippen molar-refractivity contribution in [1.29, 1.82) is 0 Å². The lowest BCUT2D eigenvalue weighted by molar-refractivity contribution is -0.364. The molecule has 2 N–H and O–H groups in total. The average molecular weight is 580 g/mol. The number of halogens is 3. The Kier molecular flexibility index (Phi) is 7.70. The number of hydrogen-bond donors (Lipinski definition) is 1. The van der Waals surface area contributed by atoms with Gasteiger partial charge in [-0.15, -0.1) is 0 Å². The lowest BCUT2D eigenvalue weighted by Crippen LogP contribution is -2.16. The molecule has 0 amide bonds. The number of aromatic amines is 1. The number of alkyl halides is 3. The van der Waals surface area contributed by atoms with Crippen LogP contribution >= 0.6 is 0 Å². The Morgan fingerprint density at radius 3 is 2.34 bits per heavy atom. The fourth-order valence-corrected chi connectivity index (χ4v) is 4.56. The van der Waals surface area contributed by atoms with Crippen molar-refractivity contribution >= 4 is 32.7 Å². The molecule has 41 heavy (non-hydrogen) atoms. The monoisotopic (exact) mass is 579 g/mol. The second-order valence-corrected chi connectivity index (χ2v) is 10.8. The highest BCUT2D eigenvalue weighted by molar-refractivity contribution is 7.85. The second kappa shape index (κ2) is 11.2. The van der Waals surface area contributed by atoms with Crippen LogP contribution in [0.3, 0.4) is 0 Å². The number of nitrogens with zero attached hydrogens (tertiary/aromatic N) is 3. The van der Waals surface area contributed by atoms with Crippen LogP contribution in [0.2, 0.25) is 0 Å². The van der Waals surface area contributed by atoms with Gasteiger partial charge in [0.05, 0.1) is 21.7 Å². The lowest BCUT2D eigenvalue weighted by Gasteiger charge is -2.11. The van der Waals surface area contributed by atoms with E-state index in [-0.39, 0.29) is 4.90 Å². The van der Waals surface area contributed by atoms with Gasteiger partial charge in [0.1, 0.15) is 22.1 Å². The van der Waals surface area contributed by atoms with Gasteiger partial charge in [0.2, 0.25) is 5.82 Å². The summed E-state index contributed by atoms with van der Waals surface area (Å²) in [7, 11) is -4.25. The van der Waals surface area contributed by atoms with Crippen LogP contribution in [0.25, 0.3) is 22.2 Å². The van der Waals surface area contributed by atoms with Crippen LogP contribution in [0.15, 0.2) is 90.1 Å². The van der Waals surface area contributed by atoms with Crippen LogP contribution in [-0.4, -0.2) is 27.9 Å². The van der Waals surface area contributed by atoms with Gasteiger partial charge < -0.3 is 4.55 Å². The molecule has 2 aromatic carbocycles. The summed E-state index contributed by atoms with van der Waals surface area (Å²) in [4.78, 5) is 16.4. The van der Waals surface area contributed by atoms with E-state index >= 15 is 0 Å². The highest BCUT2D eigenvalue weighted by Crippen LogP contribution is 2.40. The average Bonchev–Trinajstić information content (AvgIpc) is 3.80. The molecule has 0 atom stereocenters. The van der Waals surface area contributed by atoms with Gasteiger partial charge in [-0.05, 0) is 50.1 Å². The maximum Gasteiger partial charge on any atom is 0.419 e. The molecule has 6 rings (SSSR count). The fourth-order valence-electron chi connectivity index (χ4n) is 4.07. The number of aromatic nitrogens is 4. The number of H-pyrrole nitrogens is 1. The minimum Gasteiger partial charge on any atom is -0.744 e. The third-order valence-corrected chi connectivity index (χ3v) is 7.26. The Hall–Kier alpha value is -4.42. The standard InChI is InChI=1S/C23H18F3N5.C6H6O3S/c1-13-20(16-7-4-14-3-2-10-27-18(14)11-16)30-22(15-5-6-15)31-21(13)29-19-9-8-17(12-28-19)23(24,25)26;7-10(8,9)6-4-2-1-3-5-6/h2-4,7-12,15H,5-6H2,1H3,(H,28,29,30,31);1-5H,(H,7,8,9). The number of fused-ring (bicyclic) bond motifs is 1. The van der Waals surface area contributed by atoms with E-state index in [9.17, 15) is 26.1 Å². The number of rotatable bonds is 5. The van der Waals surface area contributed by atoms with E-state index in [2.05, 4.69) is 20.3 Å². The van der Waals surface area contributed by atoms with Gasteiger partial charge in [-0.2, -0.15) is 18.2 Å². The van der Waals surface area contributed by atoms with E-state index in [4.69, 9.17) is 4.98 Å². The van der Waals surface area contributed by atoms with E-state index in [0.717, 1.165) is 58.7 Å². The Balaban J connectivity index is 0.000000287. The number of benzene rings is 2.